The summed E-state index contributed by atoms with van der Waals surface area (Å²) < 4.78 is 12.6. The first-order valence-electron chi connectivity index (χ1n) is 12.2. The SMILES string of the molecule is CCOC(=O)CC1CCCN1C(=O)c1cc(C(=O)N[C@H](CC)c2ccccc2)c2n1CCOC2. The number of carbonyl (C=O) groups is 3. The number of nitrogens with zero attached hydrogens (tertiary/aromatic N) is 2. The van der Waals surface area contributed by atoms with Crippen LogP contribution in [0.3, 0.4) is 0 Å². The van der Waals surface area contributed by atoms with Crippen molar-refractivity contribution < 1.29 is 23.9 Å². The molecule has 1 fully saturated rings. The Labute approximate surface area is 200 Å². The van der Waals surface area contributed by atoms with Gasteiger partial charge >= 0.3 is 5.97 Å². The molecule has 1 aromatic heterocycles. The Morgan fingerprint density at radius 3 is 2.71 bits per heavy atom. The van der Waals surface area contributed by atoms with E-state index in [1.54, 1.807) is 17.9 Å². The van der Waals surface area contributed by atoms with Crippen molar-refractivity contribution in [1.29, 1.82) is 0 Å². The molecule has 2 amide bonds. The summed E-state index contributed by atoms with van der Waals surface area (Å²) in [5, 5.41) is 3.13. The molecular formula is C26H33N3O5. The lowest BCUT2D eigenvalue weighted by Gasteiger charge is -2.26. The number of benzene rings is 1. The highest BCUT2D eigenvalue weighted by Gasteiger charge is 2.35. The fourth-order valence-electron chi connectivity index (χ4n) is 4.92. The van der Waals surface area contributed by atoms with E-state index in [1.165, 1.54) is 0 Å². The molecule has 34 heavy (non-hydrogen) atoms. The number of esters is 1. The van der Waals surface area contributed by atoms with Gasteiger partial charge in [0.15, 0.2) is 0 Å². The van der Waals surface area contributed by atoms with Gasteiger partial charge in [0.1, 0.15) is 5.69 Å². The van der Waals surface area contributed by atoms with Gasteiger partial charge in [0.25, 0.3) is 11.8 Å². The second-order valence-corrected chi connectivity index (χ2v) is 8.74. The molecule has 8 nitrogen and oxygen atoms in total. The Hall–Kier alpha value is -3.13. The molecule has 8 heteroatoms. The number of ether oxygens (including phenoxy) is 2. The third-order valence-corrected chi connectivity index (χ3v) is 6.63. The maximum atomic E-state index is 13.6. The highest BCUT2D eigenvalue weighted by molar-refractivity contribution is 6.01. The van der Waals surface area contributed by atoms with Gasteiger partial charge in [0.05, 0.1) is 43.5 Å². The molecule has 3 heterocycles. The molecule has 0 radical (unpaired) electrons. The quantitative estimate of drug-likeness (QED) is 0.601. The van der Waals surface area contributed by atoms with Gasteiger partial charge in [-0.15, -0.1) is 0 Å². The van der Waals surface area contributed by atoms with E-state index < -0.39 is 0 Å². The average molecular weight is 468 g/mol. The first-order valence-corrected chi connectivity index (χ1v) is 12.2. The number of rotatable bonds is 8. The van der Waals surface area contributed by atoms with E-state index in [-0.39, 0.29) is 42.9 Å². The zero-order chi connectivity index (χ0) is 24.1. The Bertz CT molecular complexity index is 1030. The first-order chi connectivity index (χ1) is 16.5. The third kappa shape index (κ3) is 5.01. The minimum atomic E-state index is -0.288. The zero-order valence-electron chi connectivity index (χ0n) is 19.9. The van der Waals surface area contributed by atoms with Crippen molar-refractivity contribution in [3.8, 4) is 0 Å². The number of amides is 2. The minimum Gasteiger partial charge on any atom is -0.466 e. The molecule has 182 valence electrons. The molecule has 0 bridgehead atoms. The third-order valence-electron chi connectivity index (χ3n) is 6.63. The molecule has 1 aromatic carbocycles. The maximum absolute atomic E-state index is 13.6. The molecule has 1 saturated heterocycles. The molecule has 1 N–H and O–H groups in total. The monoisotopic (exact) mass is 467 g/mol. The summed E-state index contributed by atoms with van der Waals surface area (Å²) in [5.74, 6) is -0.651. The van der Waals surface area contributed by atoms with Crippen LogP contribution in [0.2, 0.25) is 0 Å². The van der Waals surface area contributed by atoms with Crippen molar-refractivity contribution >= 4 is 17.8 Å². The number of carbonyl (C=O) groups excluding carboxylic acids is 3. The Morgan fingerprint density at radius 1 is 1.18 bits per heavy atom. The summed E-state index contributed by atoms with van der Waals surface area (Å²) >= 11 is 0. The number of fused-ring (bicyclic) bond motifs is 1. The lowest BCUT2D eigenvalue weighted by Crippen LogP contribution is -2.38. The van der Waals surface area contributed by atoms with Crippen LogP contribution in [-0.4, -0.2) is 53.1 Å². The molecule has 2 aromatic rings. The van der Waals surface area contributed by atoms with Crippen molar-refractivity contribution in [2.75, 3.05) is 19.8 Å². The largest absolute Gasteiger partial charge is 0.466 e. The van der Waals surface area contributed by atoms with E-state index in [9.17, 15) is 14.4 Å². The molecule has 2 aliphatic rings. The van der Waals surface area contributed by atoms with Crippen LogP contribution in [0.4, 0.5) is 0 Å². The van der Waals surface area contributed by atoms with E-state index in [1.807, 2.05) is 41.8 Å². The highest BCUT2D eigenvalue weighted by Crippen LogP contribution is 2.28. The summed E-state index contributed by atoms with van der Waals surface area (Å²) in [6.45, 7) is 6.00. The van der Waals surface area contributed by atoms with Crippen molar-refractivity contribution in [3.05, 3.63) is 58.9 Å². The summed E-state index contributed by atoms with van der Waals surface area (Å²) in [5.41, 5.74) is 2.71. The van der Waals surface area contributed by atoms with Crippen molar-refractivity contribution in [1.82, 2.24) is 14.8 Å². The Balaban J connectivity index is 1.57. The lowest BCUT2D eigenvalue weighted by molar-refractivity contribution is -0.144. The van der Waals surface area contributed by atoms with E-state index in [2.05, 4.69) is 5.32 Å². The summed E-state index contributed by atoms with van der Waals surface area (Å²) in [6.07, 6.45) is 2.55. The Kier molecular flexibility index (Phi) is 7.67. The van der Waals surface area contributed by atoms with Crippen LogP contribution in [0.5, 0.6) is 0 Å². The Morgan fingerprint density at radius 2 is 1.97 bits per heavy atom. The van der Waals surface area contributed by atoms with E-state index in [0.717, 1.165) is 30.5 Å². The number of hydrogen-bond donors (Lipinski definition) is 1. The maximum Gasteiger partial charge on any atom is 0.307 e. The van der Waals surface area contributed by atoms with Crippen LogP contribution < -0.4 is 5.32 Å². The smallest absolute Gasteiger partial charge is 0.307 e. The molecule has 2 aliphatic heterocycles. The number of hydrogen-bond acceptors (Lipinski definition) is 5. The van der Waals surface area contributed by atoms with Gasteiger partial charge in [-0.05, 0) is 37.8 Å². The number of nitrogens with one attached hydrogen (secondary N) is 1. The normalized spacial score (nSPS) is 18.3. The highest BCUT2D eigenvalue weighted by atomic mass is 16.5. The van der Waals surface area contributed by atoms with Crippen LogP contribution in [0.25, 0.3) is 0 Å². The second kappa shape index (κ2) is 10.9. The predicted molar refractivity (Wildman–Crippen MR) is 126 cm³/mol. The van der Waals surface area contributed by atoms with Crippen molar-refractivity contribution in [2.24, 2.45) is 0 Å². The van der Waals surface area contributed by atoms with E-state index in [4.69, 9.17) is 9.47 Å². The van der Waals surface area contributed by atoms with Gasteiger partial charge in [-0.1, -0.05) is 37.3 Å². The van der Waals surface area contributed by atoms with E-state index in [0.29, 0.717) is 37.6 Å². The number of likely N-dealkylation sites (tertiary alicyclic amines) is 1. The molecule has 0 spiro atoms. The van der Waals surface area contributed by atoms with Crippen LogP contribution in [0.15, 0.2) is 36.4 Å². The van der Waals surface area contributed by atoms with E-state index >= 15 is 0 Å². The van der Waals surface area contributed by atoms with Gasteiger partial charge in [-0.25, -0.2) is 0 Å². The summed E-state index contributed by atoms with van der Waals surface area (Å²) in [6, 6.07) is 11.2. The molecule has 0 saturated carbocycles. The van der Waals surface area contributed by atoms with Crippen LogP contribution >= 0.6 is 0 Å². The topological polar surface area (TPSA) is 89.9 Å². The average Bonchev–Trinajstić information content (AvgIpc) is 3.47. The first kappa shape index (κ1) is 24.0. The standard InChI is InChI=1S/C26H33N3O5/c1-3-21(18-9-6-5-7-10-18)27-25(31)20-16-22(29-13-14-33-17-23(20)29)26(32)28-12-8-11-19(28)15-24(30)34-4-2/h5-7,9-10,16,19,21H,3-4,8,11-15,17H2,1-2H3,(H,27,31)/t19?,21-/m1/s1. The molecular weight excluding hydrogens is 434 g/mol. The van der Waals surface area contributed by atoms with Gasteiger partial charge in [0, 0.05) is 19.1 Å². The van der Waals surface area contributed by atoms with Gasteiger partial charge < -0.3 is 24.3 Å². The molecule has 1 unspecified atom stereocenters. The van der Waals surface area contributed by atoms with Crippen molar-refractivity contribution in [3.63, 3.8) is 0 Å². The van der Waals surface area contributed by atoms with Crippen molar-refractivity contribution in [2.45, 2.75) is 64.8 Å². The van der Waals surface area contributed by atoms with Gasteiger partial charge in [-0.2, -0.15) is 0 Å². The summed E-state index contributed by atoms with van der Waals surface area (Å²) in [4.78, 5) is 40.7. The fraction of sp³-hybridized carbons (Fsp3) is 0.500. The zero-order valence-corrected chi connectivity index (χ0v) is 19.9. The van der Waals surface area contributed by atoms with Gasteiger partial charge in [0.2, 0.25) is 0 Å². The van der Waals surface area contributed by atoms with Crippen LogP contribution in [0.1, 0.15) is 77.7 Å². The van der Waals surface area contributed by atoms with Crippen LogP contribution in [0, 0.1) is 0 Å². The lowest BCUT2D eigenvalue weighted by atomic mass is 10.0. The second-order valence-electron chi connectivity index (χ2n) is 8.74. The molecule has 4 rings (SSSR count). The van der Waals surface area contributed by atoms with Gasteiger partial charge in [-0.3, -0.25) is 14.4 Å². The van der Waals surface area contributed by atoms with Crippen LogP contribution in [-0.2, 0) is 27.4 Å². The predicted octanol–water partition coefficient (Wildman–Crippen LogP) is 3.46. The molecule has 2 atom stereocenters. The fourth-order valence-corrected chi connectivity index (χ4v) is 4.92. The molecule has 0 aliphatic carbocycles. The minimum absolute atomic E-state index is 0.125. The summed E-state index contributed by atoms with van der Waals surface area (Å²) in [7, 11) is 0. The number of aromatic nitrogens is 1.